The molecule has 0 bridgehead atoms. The van der Waals surface area contributed by atoms with E-state index in [1.54, 1.807) is 31.3 Å². The highest BCUT2D eigenvalue weighted by Crippen LogP contribution is 2.27. The number of halogens is 4. The maximum Gasteiger partial charge on any atom is 0.256 e. The highest BCUT2D eigenvalue weighted by atomic mass is 79.9. The maximum absolute atomic E-state index is 13.7. The summed E-state index contributed by atoms with van der Waals surface area (Å²) in [5, 5.41) is 0.817. The summed E-state index contributed by atoms with van der Waals surface area (Å²) in [5.41, 5.74) is 0.709. The lowest BCUT2D eigenvalue weighted by Crippen LogP contribution is -2.27. The Bertz CT molecular complexity index is 693. The molecule has 0 aliphatic carbocycles. The van der Waals surface area contributed by atoms with Crippen LogP contribution in [0.4, 0.5) is 4.39 Å². The summed E-state index contributed by atoms with van der Waals surface area (Å²) in [5.74, 6) is -0.989. The Balaban J connectivity index is 2.24. The zero-order valence-electron chi connectivity index (χ0n) is 11.0. The minimum absolute atomic E-state index is 0.00465. The first kappa shape index (κ1) is 16.3. The van der Waals surface area contributed by atoms with Crippen LogP contribution in [0.1, 0.15) is 15.9 Å². The largest absolute Gasteiger partial charge is 0.337 e. The van der Waals surface area contributed by atoms with E-state index in [2.05, 4.69) is 15.9 Å². The first-order chi connectivity index (χ1) is 9.90. The van der Waals surface area contributed by atoms with Crippen molar-refractivity contribution >= 4 is 45.0 Å². The van der Waals surface area contributed by atoms with Crippen LogP contribution in [0.15, 0.2) is 40.9 Å². The van der Waals surface area contributed by atoms with Gasteiger partial charge in [0.2, 0.25) is 0 Å². The fourth-order valence-electron chi connectivity index (χ4n) is 1.86. The number of hydrogen-bond donors (Lipinski definition) is 0. The molecule has 0 radical (unpaired) electrons. The molecule has 6 heteroatoms. The van der Waals surface area contributed by atoms with E-state index in [4.69, 9.17) is 23.2 Å². The van der Waals surface area contributed by atoms with Gasteiger partial charge in [-0.3, -0.25) is 4.79 Å². The van der Waals surface area contributed by atoms with E-state index in [9.17, 15) is 9.18 Å². The fourth-order valence-corrected chi connectivity index (χ4v) is 2.61. The van der Waals surface area contributed by atoms with E-state index in [-0.39, 0.29) is 12.1 Å². The third-order valence-electron chi connectivity index (χ3n) is 2.94. The molecule has 0 spiro atoms. The lowest BCUT2D eigenvalue weighted by atomic mass is 10.1. The first-order valence-electron chi connectivity index (χ1n) is 6.03. The van der Waals surface area contributed by atoms with Crippen molar-refractivity contribution in [1.82, 2.24) is 4.90 Å². The molecule has 0 atom stereocenters. The average Bonchev–Trinajstić information content (AvgIpc) is 2.45. The molecule has 0 aliphatic rings. The molecule has 0 aliphatic heterocycles. The number of carbonyl (C=O) groups is 1. The first-order valence-corrected chi connectivity index (χ1v) is 7.58. The SMILES string of the molecule is CN(Cc1cccc(Cl)c1Cl)C(=O)c1cc(Br)ccc1F. The Hall–Kier alpha value is -1.10. The van der Waals surface area contributed by atoms with E-state index < -0.39 is 11.7 Å². The van der Waals surface area contributed by atoms with Crippen molar-refractivity contribution in [2.24, 2.45) is 0 Å². The number of nitrogens with zero attached hydrogens (tertiary/aromatic N) is 1. The predicted octanol–water partition coefficient (Wildman–Crippen LogP) is 5.17. The smallest absolute Gasteiger partial charge is 0.256 e. The molecule has 0 heterocycles. The van der Waals surface area contributed by atoms with Crippen LogP contribution in [0, 0.1) is 5.82 Å². The number of carbonyl (C=O) groups excluding carboxylic acids is 1. The van der Waals surface area contributed by atoms with Gasteiger partial charge in [0.15, 0.2) is 0 Å². The third kappa shape index (κ3) is 3.76. The lowest BCUT2D eigenvalue weighted by Gasteiger charge is -2.19. The van der Waals surface area contributed by atoms with Crippen molar-refractivity contribution in [2.45, 2.75) is 6.54 Å². The van der Waals surface area contributed by atoms with Crippen LogP contribution in [0.25, 0.3) is 0 Å². The van der Waals surface area contributed by atoms with Gasteiger partial charge in [-0.25, -0.2) is 4.39 Å². The molecule has 110 valence electrons. The van der Waals surface area contributed by atoms with Crippen LogP contribution < -0.4 is 0 Å². The van der Waals surface area contributed by atoms with Crippen LogP contribution in [0.2, 0.25) is 10.0 Å². The Morgan fingerprint density at radius 2 is 2.00 bits per heavy atom. The van der Waals surface area contributed by atoms with Gasteiger partial charge in [-0.1, -0.05) is 51.3 Å². The molecular weight excluding hydrogens is 380 g/mol. The summed E-state index contributed by atoms with van der Waals surface area (Å²) in [6.07, 6.45) is 0. The van der Waals surface area contributed by atoms with Gasteiger partial charge in [0.25, 0.3) is 5.91 Å². The van der Waals surface area contributed by atoms with Gasteiger partial charge in [-0.05, 0) is 29.8 Å². The third-order valence-corrected chi connectivity index (χ3v) is 4.30. The van der Waals surface area contributed by atoms with E-state index >= 15 is 0 Å². The molecule has 2 rings (SSSR count). The average molecular weight is 391 g/mol. The number of amides is 1. The second-order valence-electron chi connectivity index (χ2n) is 4.50. The van der Waals surface area contributed by atoms with E-state index in [1.165, 1.54) is 17.0 Å². The molecule has 0 aromatic heterocycles. The van der Waals surface area contributed by atoms with Crippen LogP contribution >= 0.6 is 39.1 Å². The van der Waals surface area contributed by atoms with Gasteiger partial charge >= 0.3 is 0 Å². The summed E-state index contributed by atoms with van der Waals surface area (Å²) < 4.78 is 14.4. The Kier molecular flexibility index (Phi) is 5.25. The predicted molar refractivity (Wildman–Crippen MR) is 86.4 cm³/mol. The van der Waals surface area contributed by atoms with E-state index in [0.29, 0.717) is 20.1 Å². The highest BCUT2D eigenvalue weighted by molar-refractivity contribution is 9.10. The number of benzene rings is 2. The van der Waals surface area contributed by atoms with Gasteiger partial charge in [-0.15, -0.1) is 0 Å². The van der Waals surface area contributed by atoms with Crippen LogP contribution in [0.3, 0.4) is 0 Å². The Labute approximate surface area is 140 Å². The molecule has 0 saturated heterocycles. The minimum atomic E-state index is -0.563. The van der Waals surface area contributed by atoms with Gasteiger partial charge < -0.3 is 4.90 Å². The van der Waals surface area contributed by atoms with Gasteiger partial charge in [0, 0.05) is 18.1 Å². The van der Waals surface area contributed by atoms with Crippen molar-refractivity contribution in [1.29, 1.82) is 0 Å². The summed E-state index contributed by atoms with van der Waals surface area (Å²) in [7, 11) is 1.58. The Morgan fingerprint density at radius 3 is 2.71 bits per heavy atom. The fraction of sp³-hybridized carbons (Fsp3) is 0.133. The summed E-state index contributed by atoms with van der Waals surface area (Å²) in [6, 6.07) is 9.44. The van der Waals surface area contributed by atoms with Crippen molar-refractivity contribution in [3.8, 4) is 0 Å². The molecule has 2 nitrogen and oxygen atoms in total. The molecule has 0 N–H and O–H groups in total. The highest BCUT2D eigenvalue weighted by Gasteiger charge is 2.18. The maximum atomic E-state index is 13.7. The quantitative estimate of drug-likeness (QED) is 0.708. The summed E-state index contributed by atoms with van der Waals surface area (Å²) in [6.45, 7) is 0.240. The van der Waals surface area contributed by atoms with Gasteiger partial charge in [0.05, 0.1) is 15.6 Å². The molecule has 0 fully saturated rings. The minimum Gasteiger partial charge on any atom is -0.337 e. The summed E-state index contributed by atoms with van der Waals surface area (Å²) >= 11 is 15.3. The zero-order valence-corrected chi connectivity index (χ0v) is 14.1. The van der Waals surface area contributed by atoms with E-state index in [1.807, 2.05) is 0 Å². The number of hydrogen-bond acceptors (Lipinski definition) is 1. The van der Waals surface area contributed by atoms with Gasteiger partial charge in [-0.2, -0.15) is 0 Å². The second kappa shape index (κ2) is 6.77. The molecule has 21 heavy (non-hydrogen) atoms. The lowest BCUT2D eigenvalue weighted by molar-refractivity contribution is 0.0780. The standard InChI is InChI=1S/C15H11BrCl2FNO/c1-20(8-9-3-2-4-12(17)14(9)18)15(21)11-7-10(16)5-6-13(11)19/h2-7H,8H2,1H3. The van der Waals surface area contributed by atoms with Crippen LogP contribution in [-0.4, -0.2) is 17.9 Å². The van der Waals surface area contributed by atoms with Crippen LogP contribution in [0.5, 0.6) is 0 Å². The van der Waals surface area contributed by atoms with E-state index in [0.717, 1.165) is 0 Å². The normalized spacial score (nSPS) is 10.5. The molecule has 2 aromatic carbocycles. The molecule has 0 saturated carbocycles. The van der Waals surface area contributed by atoms with Crippen molar-refractivity contribution in [3.05, 3.63) is 67.9 Å². The topological polar surface area (TPSA) is 20.3 Å². The zero-order chi connectivity index (χ0) is 15.6. The Morgan fingerprint density at radius 1 is 1.29 bits per heavy atom. The second-order valence-corrected chi connectivity index (χ2v) is 6.20. The number of rotatable bonds is 3. The monoisotopic (exact) mass is 389 g/mol. The van der Waals surface area contributed by atoms with Crippen molar-refractivity contribution < 1.29 is 9.18 Å². The van der Waals surface area contributed by atoms with Crippen molar-refractivity contribution in [2.75, 3.05) is 7.05 Å². The van der Waals surface area contributed by atoms with Crippen LogP contribution in [-0.2, 0) is 6.54 Å². The molecule has 0 unspecified atom stereocenters. The molecule has 1 amide bonds. The van der Waals surface area contributed by atoms with Gasteiger partial charge in [0.1, 0.15) is 5.82 Å². The molecular formula is C15H11BrCl2FNO. The molecule has 2 aromatic rings. The van der Waals surface area contributed by atoms with Crippen molar-refractivity contribution in [3.63, 3.8) is 0 Å². The summed E-state index contributed by atoms with van der Waals surface area (Å²) in [4.78, 5) is 13.7.